The van der Waals surface area contributed by atoms with Crippen molar-refractivity contribution in [1.29, 1.82) is 0 Å². The van der Waals surface area contributed by atoms with E-state index in [0.29, 0.717) is 25.6 Å². The van der Waals surface area contributed by atoms with Crippen molar-refractivity contribution in [2.45, 2.75) is 11.9 Å². The van der Waals surface area contributed by atoms with Gasteiger partial charge in [0.1, 0.15) is 0 Å². The number of aromatic nitrogens is 1. The Labute approximate surface area is 101 Å². The predicted molar refractivity (Wildman–Crippen MR) is 64.0 cm³/mol. The number of rotatable bonds is 7. The van der Waals surface area contributed by atoms with E-state index in [4.69, 9.17) is 21.1 Å². The highest BCUT2D eigenvalue weighted by Crippen LogP contribution is 2.06. The van der Waals surface area contributed by atoms with Crippen LogP contribution in [0.3, 0.4) is 0 Å². The van der Waals surface area contributed by atoms with Crippen molar-refractivity contribution in [1.82, 2.24) is 10.3 Å². The van der Waals surface area contributed by atoms with Crippen LogP contribution in [-0.4, -0.2) is 37.7 Å². The Morgan fingerprint density at radius 3 is 2.94 bits per heavy atom. The third kappa shape index (κ3) is 4.79. The van der Waals surface area contributed by atoms with Crippen molar-refractivity contribution < 1.29 is 9.47 Å². The van der Waals surface area contributed by atoms with E-state index in [9.17, 15) is 0 Å². The van der Waals surface area contributed by atoms with Crippen LogP contribution in [0.5, 0.6) is 5.88 Å². The fraction of sp³-hybridized carbons (Fsp3) is 0.545. The topological polar surface area (TPSA) is 43.4 Å². The van der Waals surface area contributed by atoms with Crippen molar-refractivity contribution in [2.24, 2.45) is 0 Å². The summed E-state index contributed by atoms with van der Waals surface area (Å²) in [4.78, 5) is 4.28. The molecule has 0 aliphatic carbocycles. The second kappa shape index (κ2) is 7.44. The molecule has 0 spiro atoms. The van der Waals surface area contributed by atoms with E-state index >= 15 is 0 Å². The Balaban J connectivity index is 2.31. The summed E-state index contributed by atoms with van der Waals surface area (Å²) < 4.78 is 9.97. The number of alkyl halides is 1. The molecular weight excluding hydrogens is 228 g/mol. The molecule has 1 heterocycles. The average molecular weight is 245 g/mol. The average Bonchev–Trinajstić information content (AvgIpc) is 2.30. The summed E-state index contributed by atoms with van der Waals surface area (Å²) in [7, 11) is 3.24. The molecule has 4 nitrogen and oxygen atoms in total. The minimum atomic E-state index is -0.0180. The van der Waals surface area contributed by atoms with Crippen LogP contribution < -0.4 is 10.1 Å². The van der Waals surface area contributed by atoms with Gasteiger partial charge < -0.3 is 14.8 Å². The molecule has 0 saturated heterocycles. The number of hydrogen-bond acceptors (Lipinski definition) is 4. The zero-order valence-electron chi connectivity index (χ0n) is 9.57. The predicted octanol–water partition coefficient (Wildman–Crippen LogP) is 1.43. The largest absolute Gasteiger partial charge is 0.481 e. The van der Waals surface area contributed by atoms with Crippen LogP contribution in [0.1, 0.15) is 5.69 Å². The van der Waals surface area contributed by atoms with Crippen LogP contribution in [0.25, 0.3) is 0 Å². The zero-order valence-corrected chi connectivity index (χ0v) is 10.3. The number of pyridine rings is 1. The molecule has 0 radical (unpaired) electrons. The molecule has 5 heteroatoms. The maximum absolute atomic E-state index is 5.97. The number of nitrogens with zero attached hydrogens (tertiary/aromatic N) is 1. The van der Waals surface area contributed by atoms with E-state index in [1.54, 1.807) is 14.2 Å². The van der Waals surface area contributed by atoms with Gasteiger partial charge in [-0.3, -0.25) is 0 Å². The van der Waals surface area contributed by atoms with Crippen LogP contribution in [0.15, 0.2) is 18.2 Å². The molecule has 1 aromatic rings. The fourth-order valence-corrected chi connectivity index (χ4v) is 1.50. The lowest BCUT2D eigenvalue weighted by Crippen LogP contribution is -2.26. The van der Waals surface area contributed by atoms with Crippen LogP contribution in [0.4, 0.5) is 0 Å². The number of methoxy groups -OCH3 is 2. The van der Waals surface area contributed by atoms with Gasteiger partial charge in [-0.05, 0) is 6.07 Å². The van der Waals surface area contributed by atoms with Gasteiger partial charge in [-0.1, -0.05) is 6.07 Å². The van der Waals surface area contributed by atoms with E-state index in [1.165, 1.54) is 0 Å². The minimum Gasteiger partial charge on any atom is -0.481 e. The molecule has 1 atom stereocenters. The Hall–Kier alpha value is -0.840. The number of hydrogen-bond donors (Lipinski definition) is 1. The first-order valence-corrected chi connectivity index (χ1v) is 5.53. The summed E-state index contributed by atoms with van der Waals surface area (Å²) in [5.74, 6) is 0.624. The van der Waals surface area contributed by atoms with Gasteiger partial charge in [0.15, 0.2) is 0 Å². The Bertz CT molecular complexity index is 310. The highest BCUT2D eigenvalue weighted by Gasteiger charge is 2.03. The maximum atomic E-state index is 5.97. The third-order valence-electron chi connectivity index (χ3n) is 2.01. The van der Waals surface area contributed by atoms with Crippen LogP contribution in [-0.2, 0) is 11.3 Å². The first kappa shape index (κ1) is 13.2. The van der Waals surface area contributed by atoms with Gasteiger partial charge in [0.05, 0.1) is 24.8 Å². The highest BCUT2D eigenvalue weighted by atomic mass is 35.5. The van der Waals surface area contributed by atoms with Crippen LogP contribution >= 0.6 is 11.6 Å². The molecule has 90 valence electrons. The molecule has 1 N–H and O–H groups in total. The van der Waals surface area contributed by atoms with Crippen LogP contribution in [0, 0.1) is 0 Å². The maximum Gasteiger partial charge on any atom is 0.213 e. The smallest absolute Gasteiger partial charge is 0.213 e. The molecule has 0 amide bonds. The molecule has 0 aromatic carbocycles. The number of ether oxygens (including phenoxy) is 2. The van der Waals surface area contributed by atoms with Crippen molar-refractivity contribution >= 4 is 11.6 Å². The monoisotopic (exact) mass is 244 g/mol. The molecule has 16 heavy (non-hydrogen) atoms. The van der Waals surface area contributed by atoms with E-state index in [-0.39, 0.29) is 5.38 Å². The fourth-order valence-electron chi connectivity index (χ4n) is 1.27. The molecule has 0 bridgehead atoms. The Morgan fingerprint density at radius 2 is 2.25 bits per heavy atom. The van der Waals surface area contributed by atoms with Crippen molar-refractivity contribution in [3.8, 4) is 5.88 Å². The molecule has 1 rings (SSSR count). The first-order valence-electron chi connectivity index (χ1n) is 5.10. The molecule has 0 aliphatic rings. The van der Waals surface area contributed by atoms with Gasteiger partial charge in [0, 0.05) is 26.3 Å². The molecule has 1 aromatic heterocycles. The third-order valence-corrected chi connectivity index (χ3v) is 2.29. The summed E-state index contributed by atoms with van der Waals surface area (Å²) in [6.45, 7) is 1.90. The highest BCUT2D eigenvalue weighted by molar-refractivity contribution is 6.20. The Morgan fingerprint density at radius 1 is 1.44 bits per heavy atom. The Kier molecular flexibility index (Phi) is 6.15. The van der Waals surface area contributed by atoms with E-state index < -0.39 is 0 Å². The molecule has 0 saturated carbocycles. The quantitative estimate of drug-likeness (QED) is 0.737. The molecule has 0 aliphatic heterocycles. The van der Waals surface area contributed by atoms with E-state index in [1.807, 2.05) is 18.2 Å². The SMILES string of the molecule is COCC(Cl)CNCc1cccc(OC)n1. The number of nitrogens with one attached hydrogen (secondary N) is 1. The first-order chi connectivity index (χ1) is 7.76. The van der Waals surface area contributed by atoms with E-state index in [2.05, 4.69) is 10.3 Å². The summed E-state index contributed by atoms with van der Waals surface area (Å²) >= 11 is 5.97. The number of halogens is 1. The lowest BCUT2D eigenvalue weighted by molar-refractivity contribution is 0.197. The van der Waals surface area contributed by atoms with Gasteiger partial charge in [0.25, 0.3) is 0 Å². The molecular formula is C11H17ClN2O2. The molecule has 1 unspecified atom stereocenters. The normalized spacial score (nSPS) is 12.4. The summed E-state index contributed by atoms with van der Waals surface area (Å²) in [6.07, 6.45) is 0. The zero-order chi connectivity index (χ0) is 11.8. The summed E-state index contributed by atoms with van der Waals surface area (Å²) in [5.41, 5.74) is 0.931. The second-order valence-electron chi connectivity index (χ2n) is 3.35. The van der Waals surface area contributed by atoms with Crippen LogP contribution in [0.2, 0.25) is 0 Å². The van der Waals surface area contributed by atoms with Gasteiger partial charge in [-0.15, -0.1) is 11.6 Å². The van der Waals surface area contributed by atoms with Gasteiger partial charge in [0.2, 0.25) is 5.88 Å². The van der Waals surface area contributed by atoms with Gasteiger partial charge in [-0.25, -0.2) is 4.98 Å². The van der Waals surface area contributed by atoms with Crippen molar-refractivity contribution in [2.75, 3.05) is 27.4 Å². The van der Waals surface area contributed by atoms with E-state index in [0.717, 1.165) is 5.69 Å². The lowest BCUT2D eigenvalue weighted by Gasteiger charge is -2.09. The second-order valence-corrected chi connectivity index (χ2v) is 3.97. The standard InChI is InChI=1S/C11H17ClN2O2/c1-15-8-9(12)6-13-7-10-4-3-5-11(14-10)16-2/h3-5,9,13H,6-8H2,1-2H3. The lowest BCUT2D eigenvalue weighted by atomic mass is 10.3. The van der Waals surface area contributed by atoms with Gasteiger partial charge in [-0.2, -0.15) is 0 Å². The minimum absolute atomic E-state index is 0.0180. The van der Waals surface area contributed by atoms with Crippen molar-refractivity contribution in [3.05, 3.63) is 23.9 Å². The van der Waals surface area contributed by atoms with Crippen molar-refractivity contribution in [3.63, 3.8) is 0 Å². The summed E-state index contributed by atoms with van der Waals surface area (Å²) in [5, 5.41) is 3.19. The summed E-state index contributed by atoms with van der Waals surface area (Å²) in [6, 6.07) is 5.67. The van der Waals surface area contributed by atoms with Gasteiger partial charge >= 0.3 is 0 Å². The molecule has 0 fully saturated rings.